The largest absolute Gasteiger partial charge is 0.444 e. The van der Waals surface area contributed by atoms with Crippen LogP contribution in [-0.2, 0) is 9.53 Å². The number of ether oxygens (including phenoxy) is 1. The van der Waals surface area contributed by atoms with E-state index in [0.29, 0.717) is 25.0 Å². The second-order valence-corrected chi connectivity index (χ2v) is 7.61. The Hall–Kier alpha value is -0.970. The molecule has 0 radical (unpaired) electrons. The smallest absolute Gasteiger partial charge is 0.410 e. The van der Waals surface area contributed by atoms with E-state index < -0.39 is 5.60 Å². The van der Waals surface area contributed by atoms with Gasteiger partial charge in [0, 0.05) is 25.7 Å². The average Bonchev–Trinajstić information content (AvgIpc) is 3.26. The van der Waals surface area contributed by atoms with Crippen molar-refractivity contribution in [2.75, 3.05) is 25.5 Å². The summed E-state index contributed by atoms with van der Waals surface area (Å²) in [5, 5.41) is 0. The van der Waals surface area contributed by atoms with Crippen LogP contribution >= 0.6 is 11.6 Å². The van der Waals surface area contributed by atoms with E-state index in [1.807, 2.05) is 30.6 Å². The molecule has 1 aliphatic heterocycles. The molecule has 0 unspecified atom stereocenters. The summed E-state index contributed by atoms with van der Waals surface area (Å²) in [6.45, 7) is 7.80. The Bertz CT molecular complexity index is 418. The van der Waals surface area contributed by atoms with Crippen molar-refractivity contribution >= 4 is 23.6 Å². The van der Waals surface area contributed by atoms with Crippen molar-refractivity contribution in [3.05, 3.63) is 0 Å². The predicted molar refractivity (Wildman–Crippen MR) is 86.0 cm³/mol. The molecule has 0 aromatic rings. The van der Waals surface area contributed by atoms with Gasteiger partial charge in [0.15, 0.2) is 0 Å². The third-order valence-corrected chi connectivity index (χ3v) is 4.29. The van der Waals surface area contributed by atoms with Crippen LogP contribution in [0.4, 0.5) is 4.79 Å². The highest BCUT2D eigenvalue weighted by Crippen LogP contribution is 2.30. The van der Waals surface area contributed by atoms with Gasteiger partial charge in [0.25, 0.3) is 0 Å². The highest BCUT2D eigenvalue weighted by molar-refractivity contribution is 6.27. The van der Waals surface area contributed by atoms with Crippen LogP contribution in [0, 0.1) is 5.92 Å². The summed E-state index contributed by atoms with van der Waals surface area (Å²) >= 11 is 5.65. The van der Waals surface area contributed by atoms with E-state index in [4.69, 9.17) is 16.3 Å². The highest BCUT2D eigenvalue weighted by Gasteiger charge is 2.37. The first-order chi connectivity index (χ1) is 10.3. The van der Waals surface area contributed by atoms with Crippen molar-refractivity contribution in [1.82, 2.24) is 9.80 Å². The number of carbonyl (C=O) groups is 2. The van der Waals surface area contributed by atoms with Crippen LogP contribution in [0.25, 0.3) is 0 Å². The van der Waals surface area contributed by atoms with Crippen LogP contribution in [0.2, 0.25) is 0 Å². The first kappa shape index (κ1) is 17.4. The topological polar surface area (TPSA) is 49.9 Å². The maximum absolute atomic E-state index is 12.4. The molecule has 1 heterocycles. The molecule has 126 valence electrons. The molecule has 1 atom stereocenters. The van der Waals surface area contributed by atoms with Crippen molar-refractivity contribution < 1.29 is 14.3 Å². The minimum atomic E-state index is -0.475. The van der Waals surface area contributed by atoms with Gasteiger partial charge < -0.3 is 14.5 Å². The zero-order valence-electron chi connectivity index (χ0n) is 13.8. The first-order valence-electron chi connectivity index (χ1n) is 8.13. The predicted octanol–water partition coefficient (Wildman–Crippen LogP) is 2.86. The fourth-order valence-corrected chi connectivity index (χ4v) is 3.05. The average molecular weight is 331 g/mol. The summed E-state index contributed by atoms with van der Waals surface area (Å²) in [6.07, 6.45) is 3.89. The lowest BCUT2D eigenvalue weighted by Crippen LogP contribution is -2.47. The van der Waals surface area contributed by atoms with E-state index in [0.717, 1.165) is 32.2 Å². The molecule has 22 heavy (non-hydrogen) atoms. The number of carbonyl (C=O) groups excluding carboxylic acids is 2. The van der Waals surface area contributed by atoms with Gasteiger partial charge in [-0.25, -0.2) is 4.79 Å². The number of alkyl halides is 1. The van der Waals surface area contributed by atoms with Gasteiger partial charge in [0.05, 0.1) is 0 Å². The Morgan fingerprint density at radius 3 is 2.50 bits per heavy atom. The number of hydrogen-bond acceptors (Lipinski definition) is 3. The lowest BCUT2D eigenvalue weighted by molar-refractivity contribution is -0.130. The molecule has 0 aromatic heterocycles. The summed E-state index contributed by atoms with van der Waals surface area (Å²) in [7, 11) is 0. The van der Waals surface area contributed by atoms with Gasteiger partial charge in [-0.1, -0.05) is 0 Å². The summed E-state index contributed by atoms with van der Waals surface area (Å²) in [5.74, 6) is 0.334. The number of halogens is 1. The molecule has 2 amide bonds. The van der Waals surface area contributed by atoms with Gasteiger partial charge in [-0.05, 0) is 52.4 Å². The van der Waals surface area contributed by atoms with Crippen LogP contribution in [0.15, 0.2) is 0 Å². The second-order valence-electron chi connectivity index (χ2n) is 7.35. The molecule has 1 aliphatic carbocycles. The van der Waals surface area contributed by atoms with Gasteiger partial charge >= 0.3 is 6.09 Å². The van der Waals surface area contributed by atoms with E-state index >= 15 is 0 Å². The monoisotopic (exact) mass is 330 g/mol. The van der Waals surface area contributed by atoms with Crippen LogP contribution in [0.1, 0.15) is 46.5 Å². The van der Waals surface area contributed by atoms with Crippen molar-refractivity contribution in [1.29, 1.82) is 0 Å². The van der Waals surface area contributed by atoms with Gasteiger partial charge in [0.1, 0.15) is 11.5 Å². The van der Waals surface area contributed by atoms with Crippen LogP contribution < -0.4 is 0 Å². The molecule has 0 bridgehead atoms. The number of rotatable bonds is 4. The number of nitrogens with zero attached hydrogens (tertiary/aromatic N) is 2. The summed E-state index contributed by atoms with van der Waals surface area (Å²) in [6, 6.07) is 0.314. The maximum Gasteiger partial charge on any atom is 0.410 e. The van der Waals surface area contributed by atoms with Crippen molar-refractivity contribution in [2.45, 2.75) is 58.1 Å². The van der Waals surface area contributed by atoms with Gasteiger partial charge in [-0.2, -0.15) is 0 Å². The molecular weight excluding hydrogens is 304 g/mol. The number of likely N-dealkylation sites (tertiary alicyclic amines) is 1. The minimum Gasteiger partial charge on any atom is -0.444 e. The van der Waals surface area contributed by atoms with Crippen LogP contribution in [-0.4, -0.2) is 59.0 Å². The molecule has 0 aromatic carbocycles. The van der Waals surface area contributed by atoms with Crippen molar-refractivity contribution in [3.8, 4) is 0 Å². The second kappa shape index (κ2) is 7.07. The zero-order valence-corrected chi connectivity index (χ0v) is 14.6. The third-order valence-electron chi connectivity index (χ3n) is 4.06. The van der Waals surface area contributed by atoms with Gasteiger partial charge in [-0.15, -0.1) is 11.6 Å². The molecule has 5 nitrogen and oxygen atoms in total. The quantitative estimate of drug-likeness (QED) is 0.745. The molecule has 2 rings (SSSR count). The Balaban J connectivity index is 1.93. The Morgan fingerprint density at radius 2 is 1.95 bits per heavy atom. The number of hydrogen-bond donors (Lipinski definition) is 0. The minimum absolute atomic E-state index is 0.0124. The molecule has 0 N–H and O–H groups in total. The van der Waals surface area contributed by atoms with Crippen molar-refractivity contribution in [2.24, 2.45) is 5.92 Å². The standard InChI is InChI=1S/C16H27ClN2O3/c1-16(2,3)22-15(21)19(13-6-7-13)11-12-5-4-8-18(10-12)14(20)9-17/h12-13H,4-11H2,1-3H3/t12-/m1/s1. The molecule has 6 heteroatoms. The van der Waals surface area contributed by atoms with Crippen LogP contribution in [0.5, 0.6) is 0 Å². The molecule has 1 saturated heterocycles. The lowest BCUT2D eigenvalue weighted by Gasteiger charge is -2.36. The SMILES string of the molecule is CC(C)(C)OC(=O)N(C[C@@H]1CCCN(C(=O)CCl)C1)C1CC1. The normalized spacial score (nSPS) is 22.4. The Kier molecular flexibility index (Phi) is 5.59. The van der Waals surface area contributed by atoms with Gasteiger partial charge in [-0.3, -0.25) is 4.79 Å². The van der Waals surface area contributed by atoms with E-state index in [9.17, 15) is 9.59 Å². The van der Waals surface area contributed by atoms with E-state index in [2.05, 4.69) is 0 Å². The molecule has 0 spiro atoms. The lowest BCUT2D eigenvalue weighted by atomic mass is 9.97. The summed E-state index contributed by atoms with van der Waals surface area (Å²) in [4.78, 5) is 27.8. The fourth-order valence-electron chi connectivity index (χ4n) is 2.88. The third kappa shape index (κ3) is 5.04. The zero-order chi connectivity index (χ0) is 16.3. The molecule has 2 fully saturated rings. The first-order valence-corrected chi connectivity index (χ1v) is 8.67. The maximum atomic E-state index is 12.4. The highest BCUT2D eigenvalue weighted by atomic mass is 35.5. The summed E-state index contributed by atoms with van der Waals surface area (Å²) in [5.41, 5.74) is -0.475. The summed E-state index contributed by atoms with van der Waals surface area (Å²) < 4.78 is 5.52. The molecular formula is C16H27ClN2O3. The molecule has 1 saturated carbocycles. The number of piperidine rings is 1. The van der Waals surface area contributed by atoms with E-state index in [1.54, 1.807) is 0 Å². The van der Waals surface area contributed by atoms with E-state index in [1.165, 1.54) is 0 Å². The van der Waals surface area contributed by atoms with Crippen molar-refractivity contribution in [3.63, 3.8) is 0 Å². The fraction of sp³-hybridized carbons (Fsp3) is 0.875. The van der Waals surface area contributed by atoms with Gasteiger partial charge in [0.2, 0.25) is 5.91 Å². The van der Waals surface area contributed by atoms with E-state index in [-0.39, 0.29) is 17.9 Å². The molecule has 2 aliphatic rings. The Labute approximate surface area is 137 Å². The van der Waals surface area contributed by atoms with Crippen LogP contribution in [0.3, 0.4) is 0 Å². The number of amides is 2. The Morgan fingerprint density at radius 1 is 1.27 bits per heavy atom.